The van der Waals surface area contributed by atoms with Crippen molar-refractivity contribution in [2.24, 2.45) is 5.92 Å². The molecule has 186 valence electrons. The van der Waals surface area contributed by atoms with E-state index in [0.29, 0.717) is 22.7 Å². The van der Waals surface area contributed by atoms with E-state index in [9.17, 15) is 9.59 Å². The van der Waals surface area contributed by atoms with Gasteiger partial charge in [0.15, 0.2) is 0 Å². The molecule has 0 spiro atoms. The SMILES string of the molecule is CCNc1ccc(C(=O)Nc2cc(C(=O)N3CCC4(c5ccc(OC)cc5)C[C@@H]4C3)ccc2C)cn1. The number of benzene rings is 2. The minimum Gasteiger partial charge on any atom is -0.497 e. The van der Waals surface area contributed by atoms with Crippen LogP contribution in [0.1, 0.15) is 51.6 Å². The predicted molar refractivity (Wildman–Crippen MR) is 141 cm³/mol. The summed E-state index contributed by atoms with van der Waals surface area (Å²) in [6, 6.07) is 17.4. The number of nitrogens with zero attached hydrogens (tertiary/aromatic N) is 2. The van der Waals surface area contributed by atoms with Crippen LogP contribution in [0.2, 0.25) is 0 Å². The van der Waals surface area contributed by atoms with Crippen molar-refractivity contribution in [2.75, 3.05) is 37.4 Å². The average Bonchev–Trinajstić information content (AvgIpc) is 3.65. The number of pyridine rings is 1. The zero-order chi connectivity index (χ0) is 25.3. The molecule has 36 heavy (non-hydrogen) atoms. The van der Waals surface area contributed by atoms with E-state index in [1.807, 2.05) is 43.0 Å². The minimum absolute atomic E-state index is 0.0115. The molecule has 2 aromatic carbocycles. The normalized spacial score (nSPS) is 20.3. The number of hydrogen-bond acceptors (Lipinski definition) is 5. The average molecular weight is 485 g/mol. The summed E-state index contributed by atoms with van der Waals surface area (Å²) in [7, 11) is 1.68. The summed E-state index contributed by atoms with van der Waals surface area (Å²) in [4.78, 5) is 32.4. The first-order valence-corrected chi connectivity index (χ1v) is 12.5. The molecule has 2 atom stereocenters. The zero-order valence-electron chi connectivity index (χ0n) is 21.0. The second-order valence-corrected chi connectivity index (χ2v) is 9.73. The number of nitrogens with one attached hydrogen (secondary N) is 2. The molecule has 1 saturated heterocycles. The first kappa shape index (κ1) is 23.9. The molecule has 1 aliphatic heterocycles. The van der Waals surface area contributed by atoms with Crippen molar-refractivity contribution in [2.45, 2.75) is 32.1 Å². The summed E-state index contributed by atoms with van der Waals surface area (Å²) >= 11 is 0. The molecule has 1 unspecified atom stereocenters. The van der Waals surface area contributed by atoms with E-state index < -0.39 is 0 Å². The van der Waals surface area contributed by atoms with Crippen LogP contribution < -0.4 is 15.4 Å². The number of ether oxygens (including phenoxy) is 1. The molecule has 2 amide bonds. The lowest BCUT2D eigenvalue weighted by Crippen LogP contribution is -2.40. The van der Waals surface area contributed by atoms with E-state index in [1.165, 1.54) is 5.56 Å². The third-order valence-corrected chi connectivity index (χ3v) is 7.57. The van der Waals surface area contributed by atoms with Crippen molar-refractivity contribution in [3.05, 3.63) is 83.0 Å². The van der Waals surface area contributed by atoms with Crippen LogP contribution in [-0.4, -0.2) is 48.4 Å². The molecule has 5 rings (SSSR count). The molecular weight excluding hydrogens is 452 g/mol. The van der Waals surface area contributed by atoms with Gasteiger partial charge in [0.2, 0.25) is 0 Å². The number of fused-ring (bicyclic) bond motifs is 1. The van der Waals surface area contributed by atoms with E-state index >= 15 is 0 Å². The highest BCUT2D eigenvalue weighted by Gasteiger charge is 2.57. The fourth-order valence-electron chi connectivity index (χ4n) is 5.30. The molecule has 2 heterocycles. The highest BCUT2D eigenvalue weighted by atomic mass is 16.5. The van der Waals surface area contributed by atoms with Crippen LogP contribution in [0.4, 0.5) is 11.5 Å². The Hall–Kier alpha value is -3.87. The molecule has 1 saturated carbocycles. The van der Waals surface area contributed by atoms with Gasteiger partial charge in [0, 0.05) is 42.5 Å². The smallest absolute Gasteiger partial charge is 0.257 e. The number of amides is 2. The third-order valence-electron chi connectivity index (χ3n) is 7.57. The van der Waals surface area contributed by atoms with Crippen LogP contribution in [0.15, 0.2) is 60.8 Å². The summed E-state index contributed by atoms with van der Waals surface area (Å²) in [5, 5.41) is 6.07. The van der Waals surface area contributed by atoms with Gasteiger partial charge < -0.3 is 20.3 Å². The molecule has 0 bridgehead atoms. The van der Waals surface area contributed by atoms with E-state index in [4.69, 9.17) is 4.74 Å². The maximum atomic E-state index is 13.4. The van der Waals surface area contributed by atoms with Gasteiger partial charge in [-0.1, -0.05) is 18.2 Å². The number of carbonyl (C=O) groups excluding carboxylic acids is 2. The monoisotopic (exact) mass is 484 g/mol. The highest BCUT2D eigenvalue weighted by molar-refractivity contribution is 6.05. The van der Waals surface area contributed by atoms with Crippen LogP contribution >= 0.6 is 0 Å². The Morgan fingerprint density at radius 1 is 1.11 bits per heavy atom. The van der Waals surface area contributed by atoms with E-state index in [0.717, 1.165) is 49.6 Å². The summed E-state index contributed by atoms with van der Waals surface area (Å²) in [5.74, 6) is 1.83. The second kappa shape index (κ2) is 9.64. The molecule has 0 radical (unpaired) electrons. The number of aryl methyl sites for hydroxylation is 1. The molecule has 7 heteroatoms. The van der Waals surface area contributed by atoms with Gasteiger partial charge in [-0.15, -0.1) is 0 Å². The number of methoxy groups -OCH3 is 1. The number of hydrogen-bond donors (Lipinski definition) is 2. The van der Waals surface area contributed by atoms with Gasteiger partial charge in [0.1, 0.15) is 11.6 Å². The topological polar surface area (TPSA) is 83.6 Å². The summed E-state index contributed by atoms with van der Waals surface area (Å²) in [6.45, 7) is 6.15. The first-order chi connectivity index (χ1) is 17.4. The van der Waals surface area contributed by atoms with Crippen molar-refractivity contribution in [3.8, 4) is 5.75 Å². The number of rotatable bonds is 7. The largest absolute Gasteiger partial charge is 0.497 e. The van der Waals surface area contributed by atoms with Crippen molar-refractivity contribution in [3.63, 3.8) is 0 Å². The second-order valence-electron chi connectivity index (χ2n) is 9.73. The Labute approximate surface area is 211 Å². The third kappa shape index (κ3) is 4.53. The standard InChI is InChI=1S/C29H32N4O3/c1-4-30-26-12-7-21(17-31-26)27(34)32-25-15-20(6-5-19(25)2)28(35)33-14-13-29(16-23(29)18-33)22-8-10-24(36-3)11-9-22/h5-12,15,17,23H,4,13-14,16,18H2,1-3H3,(H,30,31)(H,32,34)/t23-,29?/m1/s1. The highest BCUT2D eigenvalue weighted by Crippen LogP contribution is 2.59. The van der Waals surface area contributed by atoms with Gasteiger partial charge >= 0.3 is 0 Å². The summed E-state index contributed by atoms with van der Waals surface area (Å²) < 4.78 is 5.30. The number of aromatic nitrogens is 1. The maximum Gasteiger partial charge on any atom is 0.257 e. The number of carbonyl (C=O) groups is 2. The van der Waals surface area contributed by atoms with Gasteiger partial charge in [-0.25, -0.2) is 4.98 Å². The van der Waals surface area contributed by atoms with Crippen LogP contribution in [0.5, 0.6) is 5.75 Å². The fraction of sp³-hybridized carbons (Fsp3) is 0.345. The first-order valence-electron chi connectivity index (χ1n) is 12.5. The van der Waals surface area contributed by atoms with Crippen LogP contribution in [0.3, 0.4) is 0 Å². The molecule has 2 aliphatic rings. The zero-order valence-corrected chi connectivity index (χ0v) is 21.0. The Balaban J connectivity index is 1.25. The van der Waals surface area contributed by atoms with Gasteiger partial charge in [-0.2, -0.15) is 0 Å². The number of likely N-dealkylation sites (tertiary alicyclic amines) is 1. The Morgan fingerprint density at radius 2 is 1.89 bits per heavy atom. The Kier molecular flexibility index (Phi) is 6.39. The molecule has 2 N–H and O–H groups in total. The van der Waals surface area contributed by atoms with Gasteiger partial charge in [-0.3, -0.25) is 9.59 Å². The molecule has 2 fully saturated rings. The Bertz CT molecular complexity index is 1270. The number of piperidine rings is 1. The molecule has 1 aromatic heterocycles. The lowest BCUT2D eigenvalue weighted by Gasteiger charge is -2.32. The quantitative estimate of drug-likeness (QED) is 0.499. The van der Waals surface area contributed by atoms with E-state index in [1.54, 1.807) is 31.5 Å². The lowest BCUT2D eigenvalue weighted by molar-refractivity contribution is 0.0707. The number of anilines is 2. The van der Waals surface area contributed by atoms with Crippen LogP contribution in [-0.2, 0) is 5.41 Å². The van der Waals surface area contributed by atoms with Crippen molar-refractivity contribution in [1.29, 1.82) is 0 Å². The maximum absolute atomic E-state index is 13.4. The van der Waals surface area contributed by atoms with E-state index in [-0.39, 0.29) is 17.2 Å². The van der Waals surface area contributed by atoms with Gasteiger partial charge in [-0.05, 0) is 80.1 Å². The lowest BCUT2D eigenvalue weighted by atomic mass is 9.87. The molecule has 3 aromatic rings. The van der Waals surface area contributed by atoms with Gasteiger partial charge in [0.25, 0.3) is 11.8 Å². The summed E-state index contributed by atoms with van der Waals surface area (Å²) in [5.41, 5.74) is 4.12. The van der Waals surface area contributed by atoms with Crippen molar-refractivity contribution < 1.29 is 14.3 Å². The van der Waals surface area contributed by atoms with Crippen LogP contribution in [0, 0.1) is 12.8 Å². The Morgan fingerprint density at radius 3 is 2.56 bits per heavy atom. The molecular formula is C29H32N4O3. The minimum atomic E-state index is -0.251. The predicted octanol–water partition coefficient (Wildman–Crippen LogP) is 4.89. The van der Waals surface area contributed by atoms with Gasteiger partial charge in [0.05, 0.1) is 12.7 Å². The van der Waals surface area contributed by atoms with Crippen LogP contribution in [0.25, 0.3) is 0 Å². The van der Waals surface area contributed by atoms with Crippen molar-refractivity contribution in [1.82, 2.24) is 9.88 Å². The fourth-order valence-corrected chi connectivity index (χ4v) is 5.30. The van der Waals surface area contributed by atoms with E-state index in [2.05, 4.69) is 27.8 Å². The summed E-state index contributed by atoms with van der Waals surface area (Å²) in [6.07, 6.45) is 3.62. The van der Waals surface area contributed by atoms with Crippen molar-refractivity contribution >= 4 is 23.3 Å². The molecule has 1 aliphatic carbocycles. The molecule has 7 nitrogen and oxygen atoms in total.